The maximum absolute atomic E-state index is 14.2. The number of aromatic nitrogens is 1. The van der Waals surface area contributed by atoms with E-state index in [2.05, 4.69) is 13.8 Å². The molecule has 5 aromatic carbocycles. The lowest BCUT2D eigenvalue weighted by Gasteiger charge is -2.46. The van der Waals surface area contributed by atoms with Crippen LogP contribution in [0.15, 0.2) is 139 Å². The number of benzene rings is 5. The molecule has 0 aliphatic heterocycles. The number of allylic oxidation sites excluding steroid dienone is 1. The van der Waals surface area contributed by atoms with E-state index < -0.39 is 207 Å². The average molecular weight is 1320 g/mol. The third-order valence-electron chi connectivity index (χ3n) is 13.9. The van der Waals surface area contributed by atoms with Gasteiger partial charge in [0.05, 0.1) is 57.7 Å². The van der Waals surface area contributed by atoms with Crippen molar-refractivity contribution in [2.45, 2.75) is 121 Å². The Bertz CT molecular complexity index is 2970. The molecule has 30 heteroatoms. The number of esters is 2. The lowest BCUT2D eigenvalue weighted by atomic mass is 9.12. The highest BCUT2D eigenvalue weighted by Crippen LogP contribution is 2.42. The first-order chi connectivity index (χ1) is 41.4. The van der Waals surface area contributed by atoms with Crippen LogP contribution < -0.4 is 26.4 Å². The van der Waals surface area contributed by atoms with Crippen LogP contribution in [0.2, 0.25) is 0 Å². The van der Waals surface area contributed by atoms with Gasteiger partial charge in [-0.3, -0.25) is 0 Å². The molecule has 90 heavy (non-hydrogen) atoms. The van der Waals surface area contributed by atoms with Crippen molar-refractivity contribution in [2.24, 2.45) is 0 Å². The molecule has 0 bridgehead atoms. The summed E-state index contributed by atoms with van der Waals surface area (Å²) in [5.74, 6) is -1.22. The van der Waals surface area contributed by atoms with Crippen LogP contribution in [0.1, 0.15) is 115 Å². The van der Waals surface area contributed by atoms with Gasteiger partial charge in [0, 0.05) is 17.7 Å². The third kappa shape index (κ3) is 19.2. The van der Waals surface area contributed by atoms with Crippen molar-refractivity contribution in [3.63, 3.8) is 0 Å². The second kappa shape index (κ2) is 28.6. The Kier molecular flexibility index (Phi) is 23.3. The van der Waals surface area contributed by atoms with E-state index in [9.17, 15) is 115 Å². The summed E-state index contributed by atoms with van der Waals surface area (Å²) in [5.41, 5.74) is -28.8. The summed E-state index contributed by atoms with van der Waals surface area (Å²) in [7, 11) is 0. The SMILES string of the molecule is CCCCCCOC(=O)C(C(=O)OCCCCCC)=C(C[n+]1ccccc1)c1ccccc1.FC(F)(F)c1cc([B-](c2cc(C(F)(F)F)cc(C(F)(F)F)c2)(c2cc(C(F)(F)F)cc(C(F)(F)F)c2)c2cc(C(F)(F)F)cc(C(F)(F)F)c2)cc(C(F)(F)F)c1. The minimum absolute atomic E-state index is 0.0106. The minimum atomic E-state index is -6.13. The van der Waals surface area contributed by atoms with Crippen LogP contribution in [0.3, 0.4) is 0 Å². The van der Waals surface area contributed by atoms with Crippen LogP contribution in [0.25, 0.3) is 5.57 Å². The molecule has 1 heterocycles. The first-order valence-corrected chi connectivity index (χ1v) is 26.9. The molecule has 0 fully saturated rings. The number of carbonyl (C=O) groups is 2. The fourth-order valence-electron chi connectivity index (χ4n) is 9.61. The molecule has 0 unspecified atom stereocenters. The van der Waals surface area contributed by atoms with Crippen LogP contribution in [-0.2, 0) is 75.0 Å². The molecule has 0 saturated heterocycles. The van der Waals surface area contributed by atoms with E-state index in [1.54, 1.807) is 0 Å². The molecule has 5 nitrogen and oxygen atoms in total. The van der Waals surface area contributed by atoms with Gasteiger partial charge in [0.1, 0.15) is 6.15 Å². The zero-order valence-electron chi connectivity index (χ0n) is 46.7. The van der Waals surface area contributed by atoms with Gasteiger partial charge in [-0.25, -0.2) is 14.2 Å². The van der Waals surface area contributed by atoms with Crippen molar-refractivity contribution < 1.29 is 129 Å². The number of hydrogen-bond donors (Lipinski definition) is 0. The number of carbonyl (C=O) groups excluding carboxylic acids is 2. The predicted octanol–water partition coefficient (Wildman–Crippen LogP) is 16.9. The van der Waals surface area contributed by atoms with Gasteiger partial charge in [0.15, 0.2) is 24.5 Å². The molecule has 0 spiro atoms. The Hall–Kier alpha value is -7.69. The molecule has 6 aromatic rings. The Morgan fingerprint density at radius 3 is 0.856 bits per heavy atom. The van der Waals surface area contributed by atoms with Crippen molar-refractivity contribution in [3.8, 4) is 0 Å². The fraction of sp³-hybridized carbons (Fsp3) is 0.350. The number of nitrogens with zero attached hydrogens (tertiary/aromatic N) is 1. The second-order valence-corrected chi connectivity index (χ2v) is 20.4. The maximum atomic E-state index is 14.2. The molecule has 0 aliphatic rings. The van der Waals surface area contributed by atoms with Gasteiger partial charge >= 0.3 is 61.3 Å². The summed E-state index contributed by atoms with van der Waals surface area (Å²) in [6, 6.07) is 6.47. The van der Waals surface area contributed by atoms with Crippen LogP contribution in [0.5, 0.6) is 0 Å². The monoisotopic (exact) mass is 1320 g/mol. The van der Waals surface area contributed by atoms with Gasteiger partial charge < -0.3 is 9.47 Å². The van der Waals surface area contributed by atoms with Gasteiger partial charge in [0.25, 0.3) is 0 Å². The lowest BCUT2D eigenvalue weighted by molar-refractivity contribution is -0.684. The second-order valence-electron chi connectivity index (χ2n) is 20.4. The topological polar surface area (TPSA) is 56.5 Å². The van der Waals surface area contributed by atoms with E-state index in [0.717, 1.165) is 56.9 Å². The van der Waals surface area contributed by atoms with E-state index in [1.807, 2.05) is 65.5 Å². The van der Waals surface area contributed by atoms with Crippen molar-refractivity contribution in [2.75, 3.05) is 13.2 Å². The van der Waals surface area contributed by atoms with Gasteiger partial charge in [-0.05, 0) is 42.7 Å². The molecule has 490 valence electrons. The normalized spacial score (nSPS) is 12.9. The third-order valence-corrected chi connectivity index (χ3v) is 13.9. The highest BCUT2D eigenvalue weighted by Gasteiger charge is 2.47. The zero-order chi connectivity index (χ0) is 67.6. The number of alkyl halides is 24. The van der Waals surface area contributed by atoms with Crippen LogP contribution in [0, 0.1) is 0 Å². The molecular formula is C60H50BF24NO4. The highest BCUT2D eigenvalue weighted by molar-refractivity contribution is 7.20. The number of rotatable bonds is 19. The number of halogens is 24. The molecular weight excluding hydrogens is 1270 g/mol. The summed E-state index contributed by atoms with van der Waals surface area (Å²) in [6.07, 6.45) is -43.0. The summed E-state index contributed by atoms with van der Waals surface area (Å²) < 4.78 is 354. The standard InChI is InChI=1S/C32H12BF24.C28H38NO4/c34-25(35,36)13-1-14(26(37,38)39)6-21(5-13)33(22-7-15(27(40,41)42)2-16(8-22)28(43,44)45,23-9-17(29(46,47)48)3-18(10-23)30(49,50)51)24-11-19(31(52,53)54)4-20(12-24)32(55,56)57;1-3-5-7-15-21-32-27(30)26(28(31)33-22-16-8-6-4-2)25(24-17-11-9-12-18-24)23-29-19-13-10-14-20-29/h1-12H;9-14,17-20H,3-8,15-16,21-23H2,1-2H3/q-1;+1. The molecule has 0 saturated carbocycles. The zero-order valence-corrected chi connectivity index (χ0v) is 46.7. The minimum Gasteiger partial charge on any atom is -0.462 e. The quantitative estimate of drug-likeness (QED) is 0.0119. The fourth-order valence-corrected chi connectivity index (χ4v) is 9.61. The molecule has 0 N–H and O–H groups in total. The summed E-state index contributed by atoms with van der Waals surface area (Å²) in [6.45, 7) is 5.23. The number of ether oxygens (including phenoxy) is 2. The number of unbranched alkanes of at least 4 members (excludes halogenated alkanes) is 6. The van der Waals surface area contributed by atoms with Gasteiger partial charge in [-0.15, -0.1) is 0 Å². The molecule has 0 radical (unpaired) electrons. The molecule has 0 amide bonds. The van der Waals surface area contributed by atoms with Crippen LogP contribution in [-0.4, -0.2) is 31.3 Å². The Morgan fingerprint density at radius 1 is 0.356 bits per heavy atom. The molecule has 0 aliphatic carbocycles. The predicted molar refractivity (Wildman–Crippen MR) is 280 cm³/mol. The van der Waals surface area contributed by atoms with Crippen molar-refractivity contribution in [1.29, 1.82) is 0 Å². The van der Waals surface area contributed by atoms with Gasteiger partial charge in [-0.2, -0.15) is 127 Å². The number of hydrogen-bond acceptors (Lipinski definition) is 4. The lowest BCUT2D eigenvalue weighted by Crippen LogP contribution is -2.75. The van der Waals surface area contributed by atoms with Gasteiger partial charge in [0.2, 0.25) is 0 Å². The van der Waals surface area contributed by atoms with Crippen LogP contribution in [0.4, 0.5) is 105 Å². The Balaban J connectivity index is 0.000000378. The number of pyridine rings is 1. The van der Waals surface area contributed by atoms with E-state index in [1.165, 1.54) is 0 Å². The van der Waals surface area contributed by atoms with Crippen molar-refractivity contribution in [3.05, 3.63) is 189 Å². The van der Waals surface area contributed by atoms with E-state index in [0.29, 0.717) is 25.3 Å². The summed E-state index contributed by atoms with van der Waals surface area (Å²) in [5, 5.41) is 0. The van der Waals surface area contributed by atoms with Crippen molar-refractivity contribution >= 4 is 45.5 Å². The Morgan fingerprint density at radius 2 is 0.611 bits per heavy atom. The first kappa shape index (κ1) is 73.1. The molecule has 6 rings (SSSR count). The summed E-state index contributed by atoms with van der Waals surface area (Å²) >= 11 is 0. The van der Waals surface area contributed by atoms with E-state index in [-0.39, 0.29) is 5.57 Å². The average Bonchev–Trinajstić information content (AvgIpc) is 0.719. The van der Waals surface area contributed by atoms with E-state index in [4.69, 9.17) is 9.47 Å². The van der Waals surface area contributed by atoms with E-state index >= 15 is 0 Å². The largest absolute Gasteiger partial charge is 0.462 e. The maximum Gasteiger partial charge on any atom is 0.416 e. The summed E-state index contributed by atoms with van der Waals surface area (Å²) in [4.78, 5) is 26.3. The Labute approximate surface area is 497 Å². The highest BCUT2D eigenvalue weighted by atomic mass is 19.4. The van der Waals surface area contributed by atoms with Crippen LogP contribution >= 0.6 is 0 Å². The smallest absolute Gasteiger partial charge is 0.416 e. The molecule has 1 aromatic heterocycles. The first-order valence-electron chi connectivity index (χ1n) is 26.9. The van der Waals surface area contributed by atoms with Gasteiger partial charge in [-0.1, -0.05) is 137 Å². The van der Waals surface area contributed by atoms with Crippen molar-refractivity contribution in [1.82, 2.24) is 0 Å². The molecule has 0 atom stereocenters.